The summed E-state index contributed by atoms with van der Waals surface area (Å²) in [5, 5.41) is 6.60. The van der Waals surface area contributed by atoms with E-state index in [9.17, 15) is 0 Å². The summed E-state index contributed by atoms with van der Waals surface area (Å²) in [6, 6.07) is 5.69. The van der Waals surface area contributed by atoms with Gasteiger partial charge in [0.2, 0.25) is 0 Å². The molecule has 0 aliphatic rings. The molecule has 5 heteroatoms. The molecular formula is C9H8BrN3O. The molecule has 0 spiro atoms. The van der Waals surface area contributed by atoms with Crippen molar-refractivity contribution in [2.24, 2.45) is 0 Å². The van der Waals surface area contributed by atoms with Crippen LogP contribution in [0.25, 0.3) is 11.4 Å². The lowest BCUT2D eigenvalue weighted by Crippen LogP contribution is -1.86. The lowest BCUT2D eigenvalue weighted by molar-refractivity contribution is 0.415. The first kappa shape index (κ1) is 9.21. The maximum absolute atomic E-state index is 5.12. The van der Waals surface area contributed by atoms with Crippen molar-refractivity contribution in [1.29, 1.82) is 0 Å². The van der Waals surface area contributed by atoms with E-state index in [4.69, 9.17) is 4.74 Å². The van der Waals surface area contributed by atoms with Gasteiger partial charge in [-0.1, -0.05) is 15.9 Å². The first-order chi connectivity index (χ1) is 6.81. The number of benzene rings is 1. The largest absolute Gasteiger partial charge is 0.497 e. The Kier molecular flexibility index (Phi) is 2.49. The second kappa shape index (κ2) is 3.79. The van der Waals surface area contributed by atoms with Gasteiger partial charge in [-0.3, -0.25) is 5.10 Å². The summed E-state index contributed by atoms with van der Waals surface area (Å²) in [5.74, 6) is 1.51. The average molecular weight is 254 g/mol. The molecule has 0 saturated heterocycles. The van der Waals surface area contributed by atoms with Crippen LogP contribution in [-0.2, 0) is 0 Å². The van der Waals surface area contributed by atoms with Crippen LogP contribution in [0.3, 0.4) is 0 Å². The summed E-state index contributed by atoms with van der Waals surface area (Å²) in [4.78, 5) is 4.07. The van der Waals surface area contributed by atoms with Gasteiger partial charge in [-0.2, -0.15) is 5.10 Å². The van der Waals surface area contributed by atoms with E-state index in [0.29, 0.717) is 0 Å². The van der Waals surface area contributed by atoms with Crippen LogP contribution in [0.5, 0.6) is 5.75 Å². The molecule has 0 atom stereocenters. The Hall–Kier alpha value is -1.36. The summed E-state index contributed by atoms with van der Waals surface area (Å²) in [6.07, 6.45) is 1.47. The predicted molar refractivity (Wildman–Crippen MR) is 56.1 cm³/mol. The molecule has 1 aromatic carbocycles. The van der Waals surface area contributed by atoms with Gasteiger partial charge in [-0.05, 0) is 18.2 Å². The highest BCUT2D eigenvalue weighted by Crippen LogP contribution is 2.28. The Balaban J connectivity index is 2.51. The number of rotatable bonds is 2. The van der Waals surface area contributed by atoms with Crippen LogP contribution in [-0.4, -0.2) is 22.3 Å². The molecule has 0 unspecified atom stereocenters. The SMILES string of the molecule is COc1ccc(Br)c(-c2ncn[nH]2)c1. The fourth-order valence-corrected chi connectivity index (χ4v) is 1.58. The van der Waals surface area contributed by atoms with Crippen LogP contribution in [0.15, 0.2) is 29.0 Å². The number of aromatic amines is 1. The van der Waals surface area contributed by atoms with Crippen LogP contribution in [0.4, 0.5) is 0 Å². The fraction of sp³-hybridized carbons (Fsp3) is 0.111. The molecule has 0 aliphatic carbocycles. The van der Waals surface area contributed by atoms with E-state index < -0.39 is 0 Å². The number of hydrogen-bond donors (Lipinski definition) is 1. The van der Waals surface area contributed by atoms with Crippen LogP contribution in [0.1, 0.15) is 0 Å². The lowest BCUT2D eigenvalue weighted by atomic mass is 10.2. The number of nitrogens with zero attached hydrogens (tertiary/aromatic N) is 2. The normalized spacial score (nSPS) is 10.1. The van der Waals surface area contributed by atoms with Crippen molar-refractivity contribution < 1.29 is 4.74 Å². The first-order valence-corrected chi connectivity index (χ1v) is 4.80. The highest BCUT2D eigenvalue weighted by atomic mass is 79.9. The number of ether oxygens (including phenoxy) is 1. The number of aromatic nitrogens is 3. The third-order valence-electron chi connectivity index (χ3n) is 1.84. The monoisotopic (exact) mass is 253 g/mol. The van der Waals surface area contributed by atoms with E-state index in [1.165, 1.54) is 6.33 Å². The molecule has 2 aromatic rings. The van der Waals surface area contributed by atoms with E-state index in [-0.39, 0.29) is 0 Å². The van der Waals surface area contributed by atoms with Crippen molar-refractivity contribution in [1.82, 2.24) is 15.2 Å². The highest BCUT2D eigenvalue weighted by Gasteiger charge is 2.06. The molecule has 4 nitrogen and oxygen atoms in total. The zero-order valence-corrected chi connectivity index (χ0v) is 9.08. The quantitative estimate of drug-likeness (QED) is 0.894. The Morgan fingerprint density at radius 1 is 1.43 bits per heavy atom. The van der Waals surface area contributed by atoms with Gasteiger partial charge >= 0.3 is 0 Å². The molecule has 0 fully saturated rings. The summed E-state index contributed by atoms with van der Waals surface area (Å²) < 4.78 is 6.08. The molecule has 1 aromatic heterocycles. The average Bonchev–Trinajstić information content (AvgIpc) is 2.71. The van der Waals surface area contributed by atoms with Crippen molar-refractivity contribution in [2.75, 3.05) is 7.11 Å². The number of H-pyrrole nitrogens is 1. The number of halogens is 1. The summed E-state index contributed by atoms with van der Waals surface area (Å²) in [7, 11) is 1.63. The summed E-state index contributed by atoms with van der Waals surface area (Å²) in [5.41, 5.74) is 0.932. The molecule has 72 valence electrons. The van der Waals surface area contributed by atoms with Crippen LogP contribution in [0, 0.1) is 0 Å². The van der Waals surface area contributed by atoms with Gasteiger partial charge in [0.15, 0.2) is 5.82 Å². The number of nitrogens with one attached hydrogen (secondary N) is 1. The molecular weight excluding hydrogens is 246 g/mol. The van der Waals surface area contributed by atoms with Crippen molar-refractivity contribution in [2.45, 2.75) is 0 Å². The third kappa shape index (κ3) is 1.63. The van der Waals surface area contributed by atoms with Crippen molar-refractivity contribution in [3.8, 4) is 17.1 Å². The Bertz CT molecular complexity index is 428. The Morgan fingerprint density at radius 2 is 2.29 bits per heavy atom. The molecule has 1 heterocycles. The van der Waals surface area contributed by atoms with Crippen molar-refractivity contribution in [3.63, 3.8) is 0 Å². The van der Waals surface area contributed by atoms with Gasteiger partial charge in [0.05, 0.1) is 7.11 Å². The molecule has 1 N–H and O–H groups in total. The maximum atomic E-state index is 5.12. The van der Waals surface area contributed by atoms with Crippen molar-refractivity contribution in [3.05, 3.63) is 29.0 Å². The molecule has 0 bridgehead atoms. The highest BCUT2D eigenvalue weighted by molar-refractivity contribution is 9.10. The van der Waals surface area contributed by atoms with E-state index in [0.717, 1.165) is 21.6 Å². The van der Waals surface area contributed by atoms with Crippen LogP contribution in [0.2, 0.25) is 0 Å². The number of hydrogen-bond acceptors (Lipinski definition) is 3. The van der Waals surface area contributed by atoms with Gasteiger partial charge in [-0.25, -0.2) is 4.98 Å². The second-order valence-electron chi connectivity index (χ2n) is 2.68. The van der Waals surface area contributed by atoms with Gasteiger partial charge in [0.25, 0.3) is 0 Å². The van der Waals surface area contributed by atoms with Gasteiger partial charge < -0.3 is 4.74 Å². The third-order valence-corrected chi connectivity index (χ3v) is 2.54. The first-order valence-electron chi connectivity index (χ1n) is 4.00. The molecule has 0 saturated carbocycles. The summed E-state index contributed by atoms with van der Waals surface area (Å²) in [6.45, 7) is 0. The van der Waals surface area contributed by atoms with E-state index >= 15 is 0 Å². The van der Waals surface area contributed by atoms with Crippen LogP contribution < -0.4 is 4.74 Å². The molecule has 14 heavy (non-hydrogen) atoms. The Labute approximate surface area is 89.5 Å². The van der Waals surface area contributed by atoms with Crippen LogP contribution >= 0.6 is 15.9 Å². The van der Waals surface area contributed by atoms with Gasteiger partial charge in [-0.15, -0.1) is 0 Å². The molecule has 2 rings (SSSR count). The number of methoxy groups -OCH3 is 1. The van der Waals surface area contributed by atoms with E-state index in [1.807, 2.05) is 18.2 Å². The minimum absolute atomic E-state index is 0.718. The minimum atomic E-state index is 0.718. The predicted octanol–water partition coefficient (Wildman–Crippen LogP) is 2.24. The minimum Gasteiger partial charge on any atom is -0.497 e. The fourth-order valence-electron chi connectivity index (χ4n) is 1.15. The smallest absolute Gasteiger partial charge is 0.156 e. The van der Waals surface area contributed by atoms with Crippen molar-refractivity contribution >= 4 is 15.9 Å². The molecule has 0 aliphatic heterocycles. The molecule has 0 amide bonds. The standard InChI is InChI=1S/C9H8BrN3O/c1-14-6-2-3-8(10)7(4-6)9-11-5-12-13-9/h2-5H,1H3,(H,11,12,13). The second-order valence-corrected chi connectivity index (χ2v) is 3.53. The maximum Gasteiger partial charge on any atom is 0.156 e. The van der Waals surface area contributed by atoms with E-state index in [2.05, 4.69) is 31.1 Å². The lowest BCUT2D eigenvalue weighted by Gasteiger charge is -2.03. The van der Waals surface area contributed by atoms with Gasteiger partial charge in [0, 0.05) is 10.0 Å². The zero-order chi connectivity index (χ0) is 9.97. The van der Waals surface area contributed by atoms with E-state index in [1.54, 1.807) is 7.11 Å². The molecule has 0 radical (unpaired) electrons. The zero-order valence-electron chi connectivity index (χ0n) is 7.49. The summed E-state index contributed by atoms with van der Waals surface area (Å²) >= 11 is 3.44. The topological polar surface area (TPSA) is 50.8 Å². The van der Waals surface area contributed by atoms with Gasteiger partial charge in [0.1, 0.15) is 12.1 Å². The Morgan fingerprint density at radius 3 is 2.93 bits per heavy atom.